The standard InChI is InChI=1S/C26H26ClNO5/c1-26(2)12-18(29)22-20(13-26)33-24(28)23(25(30)31-3)21(22)17-6-4-5-7-19(17)32-14-15-8-10-16(27)11-9-15/h4-11,21H,12-14,28H2,1-3H3. The molecule has 0 bridgehead atoms. The average molecular weight is 468 g/mol. The monoisotopic (exact) mass is 467 g/mol. The molecule has 0 aromatic heterocycles. The van der Waals surface area contributed by atoms with Gasteiger partial charge in [-0.05, 0) is 29.2 Å². The van der Waals surface area contributed by atoms with Crippen molar-refractivity contribution < 1.29 is 23.8 Å². The van der Waals surface area contributed by atoms with E-state index in [4.69, 9.17) is 31.5 Å². The molecule has 33 heavy (non-hydrogen) atoms. The van der Waals surface area contributed by atoms with Crippen molar-refractivity contribution in [3.8, 4) is 5.75 Å². The Labute approximate surface area is 198 Å². The first-order chi connectivity index (χ1) is 15.7. The molecule has 2 aromatic carbocycles. The number of methoxy groups -OCH3 is 1. The van der Waals surface area contributed by atoms with Crippen LogP contribution in [0.5, 0.6) is 5.75 Å². The van der Waals surface area contributed by atoms with Gasteiger partial charge in [0.1, 0.15) is 23.7 Å². The molecule has 1 atom stereocenters. The van der Waals surface area contributed by atoms with Gasteiger partial charge in [-0.3, -0.25) is 4.79 Å². The summed E-state index contributed by atoms with van der Waals surface area (Å²) in [6.07, 6.45) is 0.876. The summed E-state index contributed by atoms with van der Waals surface area (Å²) in [5.74, 6) is -0.478. The van der Waals surface area contributed by atoms with Crippen molar-refractivity contribution in [1.29, 1.82) is 0 Å². The van der Waals surface area contributed by atoms with Gasteiger partial charge in [-0.2, -0.15) is 0 Å². The molecule has 0 saturated heterocycles. The maximum Gasteiger partial charge on any atom is 0.340 e. The zero-order valence-electron chi connectivity index (χ0n) is 18.8. The molecule has 1 aliphatic carbocycles. The summed E-state index contributed by atoms with van der Waals surface area (Å²) >= 11 is 5.98. The highest BCUT2D eigenvalue weighted by Crippen LogP contribution is 2.49. The summed E-state index contributed by atoms with van der Waals surface area (Å²) in [6, 6.07) is 14.7. The third-order valence-corrected chi connectivity index (χ3v) is 6.15. The fourth-order valence-corrected chi connectivity index (χ4v) is 4.52. The lowest BCUT2D eigenvalue weighted by molar-refractivity contribution is -0.136. The summed E-state index contributed by atoms with van der Waals surface area (Å²) in [5.41, 5.74) is 8.06. The van der Waals surface area contributed by atoms with Crippen LogP contribution in [-0.2, 0) is 25.7 Å². The molecule has 0 fully saturated rings. The van der Waals surface area contributed by atoms with E-state index in [1.807, 2.05) is 50.2 Å². The number of carbonyl (C=O) groups is 2. The third kappa shape index (κ3) is 4.62. The Morgan fingerprint density at radius 2 is 1.85 bits per heavy atom. The number of Topliss-reactive ketones (excluding diaryl/α,β-unsaturated/α-hetero) is 1. The van der Waals surface area contributed by atoms with E-state index in [2.05, 4.69) is 0 Å². The SMILES string of the molecule is COC(=O)C1=C(N)OC2=C(C(=O)CC(C)(C)C2)C1c1ccccc1OCc1ccc(Cl)cc1. The van der Waals surface area contributed by atoms with E-state index in [0.29, 0.717) is 40.5 Å². The molecule has 0 spiro atoms. The first-order valence-electron chi connectivity index (χ1n) is 10.7. The first kappa shape index (κ1) is 22.9. The number of ketones is 1. The summed E-state index contributed by atoms with van der Waals surface area (Å²) in [6.45, 7) is 4.30. The number of benzene rings is 2. The van der Waals surface area contributed by atoms with Gasteiger partial charge in [0.05, 0.1) is 13.0 Å². The molecule has 172 valence electrons. The van der Waals surface area contributed by atoms with Gasteiger partial charge in [0, 0.05) is 29.0 Å². The van der Waals surface area contributed by atoms with Crippen LogP contribution >= 0.6 is 11.6 Å². The molecule has 4 rings (SSSR count). The fraction of sp³-hybridized carbons (Fsp3) is 0.308. The highest BCUT2D eigenvalue weighted by Gasteiger charge is 2.45. The molecule has 2 aliphatic rings. The molecule has 0 radical (unpaired) electrons. The second-order valence-electron chi connectivity index (χ2n) is 9.04. The van der Waals surface area contributed by atoms with E-state index in [1.165, 1.54) is 7.11 Å². The highest BCUT2D eigenvalue weighted by molar-refractivity contribution is 6.30. The van der Waals surface area contributed by atoms with Crippen molar-refractivity contribution >= 4 is 23.4 Å². The molecule has 1 aliphatic heterocycles. The molecule has 2 aromatic rings. The minimum absolute atomic E-state index is 0.0522. The topological polar surface area (TPSA) is 87.9 Å². The van der Waals surface area contributed by atoms with Gasteiger partial charge in [-0.25, -0.2) is 4.79 Å². The minimum atomic E-state index is -0.744. The molecule has 0 amide bonds. The summed E-state index contributed by atoms with van der Waals surface area (Å²) in [4.78, 5) is 26.1. The van der Waals surface area contributed by atoms with E-state index in [-0.39, 0.29) is 29.3 Å². The lowest BCUT2D eigenvalue weighted by Crippen LogP contribution is -2.35. The minimum Gasteiger partial charge on any atom is -0.489 e. The van der Waals surface area contributed by atoms with E-state index < -0.39 is 11.9 Å². The van der Waals surface area contributed by atoms with Crippen molar-refractivity contribution in [2.75, 3.05) is 7.11 Å². The Balaban J connectivity index is 1.79. The molecular formula is C26H26ClNO5. The van der Waals surface area contributed by atoms with E-state index in [0.717, 1.165) is 5.56 Å². The van der Waals surface area contributed by atoms with Gasteiger partial charge in [0.15, 0.2) is 5.78 Å². The van der Waals surface area contributed by atoms with E-state index in [1.54, 1.807) is 12.1 Å². The van der Waals surface area contributed by atoms with Crippen molar-refractivity contribution in [3.05, 3.63) is 87.5 Å². The maximum atomic E-state index is 13.3. The molecule has 7 heteroatoms. The number of hydrogen-bond donors (Lipinski definition) is 1. The van der Waals surface area contributed by atoms with Crippen molar-refractivity contribution in [1.82, 2.24) is 0 Å². The summed E-state index contributed by atoms with van der Waals surface area (Å²) in [5, 5.41) is 0.642. The fourth-order valence-electron chi connectivity index (χ4n) is 4.40. The normalized spacial score (nSPS) is 19.6. The number of para-hydroxylation sites is 1. The van der Waals surface area contributed by atoms with E-state index in [9.17, 15) is 9.59 Å². The largest absolute Gasteiger partial charge is 0.489 e. The van der Waals surface area contributed by atoms with Crippen molar-refractivity contribution in [3.63, 3.8) is 0 Å². The summed E-state index contributed by atoms with van der Waals surface area (Å²) in [7, 11) is 1.28. The van der Waals surface area contributed by atoms with Crippen LogP contribution in [0.4, 0.5) is 0 Å². The predicted octanol–water partition coefficient (Wildman–Crippen LogP) is 5.02. The van der Waals surface area contributed by atoms with Crippen LogP contribution in [0.3, 0.4) is 0 Å². The van der Waals surface area contributed by atoms with Gasteiger partial charge in [0.25, 0.3) is 0 Å². The number of ether oxygens (including phenoxy) is 3. The molecular weight excluding hydrogens is 442 g/mol. The zero-order chi connectivity index (χ0) is 23.8. The van der Waals surface area contributed by atoms with Gasteiger partial charge in [-0.1, -0.05) is 55.8 Å². The molecule has 6 nitrogen and oxygen atoms in total. The number of nitrogens with two attached hydrogens (primary N) is 1. The Morgan fingerprint density at radius 3 is 2.55 bits per heavy atom. The smallest absolute Gasteiger partial charge is 0.340 e. The zero-order valence-corrected chi connectivity index (χ0v) is 19.6. The average Bonchev–Trinajstić information content (AvgIpc) is 2.76. The lowest BCUT2D eigenvalue weighted by Gasteiger charge is -2.38. The van der Waals surface area contributed by atoms with Crippen molar-refractivity contribution in [2.45, 2.75) is 39.2 Å². The quantitative estimate of drug-likeness (QED) is 0.621. The molecule has 1 heterocycles. The number of hydrogen-bond acceptors (Lipinski definition) is 6. The second-order valence-corrected chi connectivity index (χ2v) is 9.47. The number of carbonyl (C=O) groups excluding carboxylic acids is 2. The Morgan fingerprint density at radius 1 is 1.15 bits per heavy atom. The number of halogens is 1. The van der Waals surface area contributed by atoms with Crippen molar-refractivity contribution in [2.24, 2.45) is 11.1 Å². The van der Waals surface area contributed by atoms with Gasteiger partial charge >= 0.3 is 5.97 Å². The third-order valence-electron chi connectivity index (χ3n) is 5.90. The molecule has 1 unspecified atom stereocenters. The Kier molecular flexibility index (Phi) is 6.21. The number of esters is 1. The van der Waals surface area contributed by atoms with Crippen LogP contribution in [0.2, 0.25) is 5.02 Å². The Hall–Kier alpha value is -3.25. The number of allylic oxidation sites excluding steroid dienone is 2. The van der Waals surface area contributed by atoms with E-state index >= 15 is 0 Å². The number of rotatable bonds is 5. The van der Waals surface area contributed by atoms with Crippen LogP contribution in [0.1, 0.15) is 43.7 Å². The Bertz CT molecular complexity index is 1160. The van der Waals surface area contributed by atoms with Crippen LogP contribution < -0.4 is 10.5 Å². The summed E-state index contributed by atoms with van der Waals surface area (Å²) < 4.78 is 17.0. The highest BCUT2D eigenvalue weighted by atomic mass is 35.5. The van der Waals surface area contributed by atoms with Gasteiger partial charge < -0.3 is 19.9 Å². The lowest BCUT2D eigenvalue weighted by atomic mass is 9.70. The van der Waals surface area contributed by atoms with Crippen LogP contribution in [0, 0.1) is 5.41 Å². The van der Waals surface area contributed by atoms with Gasteiger partial charge in [0.2, 0.25) is 5.88 Å². The maximum absolute atomic E-state index is 13.3. The second kappa shape index (κ2) is 8.94. The predicted molar refractivity (Wildman–Crippen MR) is 124 cm³/mol. The van der Waals surface area contributed by atoms with Crippen LogP contribution in [0.15, 0.2) is 71.3 Å². The molecule has 0 saturated carbocycles. The van der Waals surface area contributed by atoms with Gasteiger partial charge in [-0.15, -0.1) is 0 Å². The van der Waals surface area contributed by atoms with Crippen LogP contribution in [-0.4, -0.2) is 18.9 Å². The first-order valence-corrected chi connectivity index (χ1v) is 11.1. The van der Waals surface area contributed by atoms with Crippen LogP contribution in [0.25, 0.3) is 0 Å². The molecule has 2 N–H and O–H groups in total.